The van der Waals surface area contributed by atoms with E-state index in [0.29, 0.717) is 5.69 Å². The fourth-order valence-electron chi connectivity index (χ4n) is 2.06. The Balaban J connectivity index is 2.69. The monoisotopic (exact) mass is 255 g/mol. The van der Waals surface area contributed by atoms with Crippen molar-refractivity contribution in [2.45, 2.75) is 24.0 Å². The topological polar surface area (TPSA) is 83.5 Å². The fourth-order valence-corrected chi connectivity index (χ4v) is 3.80. The molecule has 1 heterocycles. The highest BCUT2D eigenvalue weighted by molar-refractivity contribution is 7.93. The van der Waals surface area contributed by atoms with Crippen molar-refractivity contribution in [3.8, 4) is 0 Å². The van der Waals surface area contributed by atoms with E-state index in [0.717, 1.165) is 11.1 Å². The number of aliphatic carboxylic acids is 1. The number of benzene rings is 1. The molecule has 2 N–H and O–H groups in total. The van der Waals surface area contributed by atoms with E-state index >= 15 is 0 Å². The van der Waals surface area contributed by atoms with Crippen molar-refractivity contribution in [3.63, 3.8) is 0 Å². The predicted molar refractivity (Wildman–Crippen MR) is 63.0 cm³/mol. The molecule has 1 aromatic carbocycles. The lowest BCUT2D eigenvalue weighted by atomic mass is 10.1. The number of nitrogens with one attached hydrogen (secondary N) is 1. The number of anilines is 1. The Labute approximate surface area is 99.4 Å². The summed E-state index contributed by atoms with van der Waals surface area (Å²) in [6.45, 7) is 3.50. The average Bonchev–Trinajstić information content (AvgIpc) is 2.18. The summed E-state index contributed by atoms with van der Waals surface area (Å²) in [6.07, 6.45) is 0. The molecule has 17 heavy (non-hydrogen) atoms. The van der Waals surface area contributed by atoms with Crippen molar-refractivity contribution in [2.24, 2.45) is 0 Å². The van der Waals surface area contributed by atoms with Gasteiger partial charge in [-0.2, -0.15) is 0 Å². The SMILES string of the molecule is Cc1cc(C)c2c(c1)S(=O)(=O)C(C(=O)O)CN2. The van der Waals surface area contributed by atoms with Crippen LogP contribution in [0.1, 0.15) is 11.1 Å². The van der Waals surface area contributed by atoms with Crippen LogP contribution in [0.4, 0.5) is 5.69 Å². The molecule has 0 saturated carbocycles. The summed E-state index contributed by atoms with van der Waals surface area (Å²) in [6, 6.07) is 3.38. The molecular weight excluding hydrogens is 242 g/mol. The smallest absolute Gasteiger partial charge is 0.324 e. The molecule has 0 aromatic heterocycles. The minimum atomic E-state index is -3.79. The Morgan fingerprint density at radius 1 is 1.41 bits per heavy atom. The third-order valence-electron chi connectivity index (χ3n) is 2.86. The van der Waals surface area contributed by atoms with Crippen molar-refractivity contribution in [2.75, 3.05) is 11.9 Å². The minimum Gasteiger partial charge on any atom is -0.480 e. The molecule has 92 valence electrons. The standard InChI is InChI=1S/C11H13NO4S/c1-6-3-7(2)10-8(4-6)17(15,16)9(5-12-10)11(13)14/h3-4,9,12H,5H2,1-2H3,(H,13,14). The van der Waals surface area contributed by atoms with Crippen molar-refractivity contribution >= 4 is 21.5 Å². The summed E-state index contributed by atoms with van der Waals surface area (Å²) >= 11 is 0. The first-order valence-corrected chi connectivity index (χ1v) is 6.70. The molecule has 0 saturated heterocycles. The second-order valence-corrected chi connectivity index (χ2v) is 6.31. The van der Waals surface area contributed by atoms with E-state index in [1.54, 1.807) is 13.8 Å². The lowest BCUT2D eigenvalue weighted by molar-refractivity contribution is -0.136. The van der Waals surface area contributed by atoms with Gasteiger partial charge in [0.15, 0.2) is 15.1 Å². The number of aryl methyl sites for hydroxylation is 2. The number of sulfone groups is 1. The molecule has 6 heteroatoms. The third-order valence-corrected chi connectivity index (χ3v) is 4.92. The molecule has 2 rings (SSSR count). The maximum absolute atomic E-state index is 12.1. The Morgan fingerprint density at radius 2 is 2.06 bits per heavy atom. The molecule has 0 bridgehead atoms. The van der Waals surface area contributed by atoms with Crippen LogP contribution in [-0.2, 0) is 14.6 Å². The van der Waals surface area contributed by atoms with Crippen LogP contribution in [0.2, 0.25) is 0 Å². The van der Waals surface area contributed by atoms with Gasteiger partial charge in [0.2, 0.25) is 0 Å². The maximum Gasteiger partial charge on any atom is 0.324 e. The second-order valence-electron chi connectivity index (χ2n) is 4.21. The lowest BCUT2D eigenvalue weighted by Crippen LogP contribution is -2.40. The summed E-state index contributed by atoms with van der Waals surface area (Å²) in [5.74, 6) is -1.32. The maximum atomic E-state index is 12.1. The quantitative estimate of drug-likeness (QED) is 0.780. The Hall–Kier alpha value is -1.56. The Bertz CT molecular complexity index is 592. The average molecular weight is 255 g/mol. The van der Waals surface area contributed by atoms with Gasteiger partial charge in [-0.15, -0.1) is 0 Å². The first kappa shape index (κ1) is 11.9. The van der Waals surface area contributed by atoms with Crippen molar-refractivity contribution in [1.29, 1.82) is 0 Å². The van der Waals surface area contributed by atoms with Gasteiger partial charge in [0.05, 0.1) is 10.6 Å². The highest BCUT2D eigenvalue weighted by Crippen LogP contribution is 2.33. The second kappa shape index (κ2) is 3.73. The summed E-state index contributed by atoms with van der Waals surface area (Å²) < 4.78 is 24.3. The predicted octanol–water partition coefficient (Wildman–Crippen LogP) is 0.956. The van der Waals surface area contributed by atoms with E-state index in [4.69, 9.17) is 5.11 Å². The molecule has 5 nitrogen and oxygen atoms in total. The van der Waals surface area contributed by atoms with Gasteiger partial charge in [-0.3, -0.25) is 4.79 Å². The molecule has 1 aromatic rings. The number of carboxylic acid groups (broad SMARTS) is 1. The van der Waals surface area contributed by atoms with Gasteiger partial charge < -0.3 is 10.4 Å². The summed E-state index contributed by atoms with van der Waals surface area (Å²) in [7, 11) is -3.79. The van der Waals surface area contributed by atoms with Crippen LogP contribution in [0, 0.1) is 13.8 Å². The number of hydrogen-bond donors (Lipinski definition) is 2. The molecular formula is C11H13NO4S. The number of hydrogen-bond acceptors (Lipinski definition) is 4. The molecule has 0 spiro atoms. The fraction of sp³-hybridized carbons (Fsp3) is 0.364. The van der Waals surface area contributed by atoms with Crippen LogP contribution in [0.15, 0.2) is 17.0 Å². The van der Waals surface area contributed by atoms with E-state index in [-0.39, 0.29) is 11.4 Å². The Morgan fingerprint density at radius 3 is 2.65 bits per heavy atom. The zero-order valence-corrected chi connectivity index (χ0v) is 10.3. The lowest BCUT2D eigenvalue weighted by Gasteiger charge is -2.25. The van der Waals surface area contributed by atoms with Crippen LogP contribution in [0.5, 0.6) is 0 Å². The van der Waals surface area contributed by atoms with Crippen molar-refractivity contribution in [3.05, 3.63) is 23.3 Å². The Kier molecular flexibility index (Phi) is 2.61. The van der Waals surface area contributed by atoms with E-state index in [1.165, 1.54) is 6.07 Å². The van der Waals surface area contributed by atoms with Gasteiger partial charge in [-0.25, -0.2) is 8.42 Å². The zero-order chi connectivity index (χ0) is 12.8. The first-order chi connectivity index (χ1) is 7.84. The van der Waals surface area contributed by atoms with E-state index in [9.17, 15) is 13.2 Å². The van der Waals surface area contributed by atoms with E-state index < -0.39 is 21.1 Å². The summed E-state index contributed by atoms with van der Waals surface area (Å²) in [5, 5.41) is 10.4. The molecule has 1 unspecified atom stereocenters. The van der Waals surface area contributed by atoms with Gasteiger partial charge >= 0.3 is 5.97 Å². The molecule has 0 aliphatic carbocycles. The third kappa shape index (κ3) is 1.78. The van der Waals surface area contributed by atoms with Crippen LogP contribution in [-0.4, -0.2) is 31.3 Å². The molecule has 1 atom stereocenters. The van der Waals surface area contributed by atoms with Gasteiger partial charge in [0.1, 0.15) is 0 Å². The molecule has 0 fully saturated rings. The number of fused-ring (bicyclic) bond motifs is 1. The van der Waals surface area contributed by atoms with Gasteiger partial charge in [-0.05, 0) is 31.0 Å². The van der Waals surface area contributed by atoms with Gasteiger partial charge in [0, 0.05) is 6.54 Å². The van der Waals surface area contributed by atoms with Gasteiger partial charge in [0.25, 0.3) is 0 Å². The van der Waals surface area contributed by atoms with Crippen molar-refractivity contribution < 1.29 is 18.3 Å². The van der Waals surface area contributed by atoms with Crippen molar-refractivity contribution in [1.82, 2.24) is 0 Å². The van der Waals surface area contributed by atoms with Gasteiger partial charge in [-0.1, -0.05) is 6.07 Å². The van der Waals surface area contributed by atoms with Crippen LogP contribution < -0.4 is 5.32 Å². The largest absolute Gasteiger partial charge is 0.480 e. The molecule has 1 aliphatic heterocycles. The number of rotatable bonds is 1. The van der Waals surface area contributed by atoms with E-state index in [2.05, 4.69) is 5.32 Å². The number of carboxylic acids is 1. The van der Waals surface area contributed by atoms with Crippen LogP contribution in [0.25, 0.3) is 0 Å². The number of carbonyl (C=O) groups is 1. The molecule has 0 radical (unpaired) electrons. The highest BCUT2D eigenvalue weighted by Gasteiger charge is 2.39. The molecule has 1 aliphatic rings. The minimum absolute atomic E-state index is 0.0887. The summed E-state index contributed by atoms with van der Waals surface area (Å²) in [4.78, 5) is 11.0. The normalized spacial score (nSPS) is 21.4. The molecule has 0 amide bonds. The zero-order valence-electron chi connectivity index (χ0n) is 9.52. The van der Waals surface area contributed by atoms with Crippen LogP contribution in [0.3, 0.4) is 0 Å². The van der Waals surface area contributed by atoms with Crippen LogP contribution >= 0.6 is 0 Å². The first-order valence-electron chi connectivity index (χ1n) is 5.16. The highest BCUT2D eigenvalue weighted by atomic mass is 32.2. The van der Waals surface area contributed by atoms with E-state index in [1.807, 2.05) is 6.07 Å². The summed E-state index contributed by atoms with van der Waals surface area (Å²) in [5.41, 5.74) is 2.14.